The normalized spacial score (nSPS) is 25.1. The van der Waals surface area contributed by atoms with E-state index in [1.807, 2.05) is 47.1 Å². The molecule has 3 heterocycles. The van der Waals surface area contributed by atoms with Crippen molar-refractivity contribution in [1.29, 1.82) is 0 Å². The number of epoxide rings is 1. The van der Waals surface area contributed by atoms with Crippen LogP contribution >= 0.6 is 7.82 Å². The van der Waals surface area contributed by atoms with Crippen molar-refractivity contribution in [2.45, 2.75) is 55.9 Å². The number of benzene rings is 1. The molecule has 0 radical (unpaired) electrons. The Morgan fingerprint density at radius 3 is 2.77 bits per heavy atom. The van der Waals surface area contributed by atoms with Crippen molar-refractivity contribution in [3.05, 3.63) is 54.4 Å². The number of nitrogens with one attached hydrogen (secondary N) is 1. The zero-order valence-corrected chi connectivity index (χ0v) is 23.3. The number of nitrogen functional groups attached to an aromatic ring is 1. The van der Waals surface area contributed by atoms with E-state index in [1.165, 1.54) is 0 Å². The van der Waals surface area contributed by atoms with Gasteiger partial charge in [0, 0.05) is 25.7 Å². The predicted octanol–water partition coefficient (Wildman–Crippen LogP) is 3.95. The van der Waals surface area contributed by atoms with E-state index in [9.17, 15) is 9.46 Å². The van der Waals surface area contributed by atoms with Gasteiger partial charge in [0.2, 0.25) is 5.95 Å². The number of fused-ring (bicyclic) bond motifs is 1. The summed E-state index contributed by atoms with van der Waals surface area (Å²) in [5.41, 5.74) is 6.99. The van der Waals surface area contributed by atoms with Crippen molar-refractivity contribution >= 4 is 30.8 Å². The molecule has 2 aliphatic carbocycles. The fourth-order valence-corrected chi connectivity index (χ4v) is 6.53. The van der Waals surface area contributed by atoms with Crippen LogP contribution in [0.15, 0.2) is 48.8 Å². The third-order valence-corrected chi connectivity index (χ3v) is 8.64. The number of methoxy groups -OCH3 is 1. The Morgan fingerprint density at radius 2 is 2.05 bits per heavy atom. The number of imidazole rings is 1. The molecular formula is C27H35N6O6P. The van der Waals surface area contributed by atoms with Crippen molar-refractivity contribution in [3.8, 4) is 0 Å². The first-order valence-corrected chi connectivity index (χ1v) is 15.2. The van der Waals surface area contributed by atoms with Crippen LogP contribution in [-0.4, -0.2) is 63.5 Å². The number of nitrogens with two attached hydrogens (primary N) is 1. The van der Waals surface area contributed by atoms with E-state index >= 15 is 0 Å². The van der Waals surface area contributed by atoms with Gasteiger partial charge in [-0.1, -0.05) is 42.5 Å². The minimum absolute atomic E-state index is 0.0213. The summed E-state index contributed by atoms with van der Waals surface area (Å²) in [7, 11) is -2.83. The summed E-state index contributed by atoms with van der Waals surface area (Å²) in [6, 6.07) is 9.76. The van der Waals surface area contributed by atoms with E-state index in [0.717, 1.165) is 18.4 Å². The molecule has 214 valence electrons. The van der Waals surface area contributed by atoms with Crippen LogP contribution in [0.2, 0.25) is 0 Å². The summed E-state index contributed by atoms with van der Waals surface area (Å²) in [6.45, 7) is 0.959. The second-order valence-electron chi connectivity index (χ2n) is 10.7. The van der Waals surface area contributed by atoms with Crippen molar-refractivity contribution in [2.75, 3.05) is 38.0 Å². The molecule has 1 aromatic carbocycles. The highest BCUT2D eigenvalue weighted by molar-refractivity contribution is 7.47. The molecule has 0 amide bonds. The summed E-state index contributed by atoms with van der Waals surface area (Å²) in [4.78, 5) is 24.2. The number of phosphoric ester groups is 1. The van der Waals surface area contributed by atoms with Gasteiger partial charge >= 0.3 is 7.82 Å². The second-order valence-corrected chi connectivity index (χ2v) is 12.0. The van der Waals surface area contributed by atoms with E-state index in [4.69, 9.17) is 24.3 Å². The van der Waals surface area contributed by atoms with E-state index in [-0.39, 0.29) is 30.6 Å². The maximum atomic E-state index is 13.3. The molecule has 6 rings (SSSR count). The summed E-state index contributed by atoms with van der Waals surface area (Å²) in [5, 5.41) is 3.37. The number of ether oxygens (including phenoxy) is 2. The largest absolute Gasteiger partial charge is 0.473 e. The maximum absolute atomic E-state index is 13.3. The highest BCUT2D eigenvalue weighted by Crippen LogP contribution is 2.56. The lowest BCUT2D eigenvalue weighted by atomic mass is 9.86. The van der Waals surface area contributed by atoms with Crippen LogP contribution in [0.1, 0.15) is 43.7 Å². The number of nitrogens with zero attached hydrogens (tertiary/aromatic N) is 4. The van der Waals surface area contributed by atoms with Crippen LogP contribution in [0, 0.1) is 5.92 Å². The first-order valence-electron chi connectivity index (χ1n) is 13.7. The van der Waals surface area contributed by atoms with Gasteiger partial charge in [0.1, 0.15) is 11.7 Å². The fraction of sp³-hybridized carbons (Fsp3) is 0.519. The van der Waals surface area contributed by atoms with E-state index < -0.39 is 13.4 Å². The molecule has 0 bridgehead atoms. The molecule has 40 heavy (non-hydrogen) atoms. The lowest BCUT2D eigenvalue weighted by Gasteiger charge is -2.34. The van der Waals surface area contributed by atoms with E-state index in [2.05, 4.69) is 20.3 Å². The molecular weight excluding hydrogens is 535 g/mol. The number of hydrogen-bond acceptors (Lipinski definition) is 10. The molecule has 1 aliphatic heterocycles. The molecule has 1 saturated heterocycles. The van der Waals surface area contributed by atoms with Crippen molar-refractivity contribution < 1.29 is 28.0 Å². The molecule has 2 fully saturated rings. The Morgan fingerprint density at radius 1 is 1.25 bits per heavy atom. The second kappa shape index (κ2) is 11.2. The van der Waals surface area contributed by atoms with Crippen molar-refractivity contribution in [1.82, 2.24) is 19.5 Å². The molecule has 3 aromatic rings. The number of allylic oxidation sites excluding steroid dienone is 1. The molecule has 3 aliphatic rings. The minimum atomic E-state index is -4.45. The quantitative estimate of drug-likeness (QED) is 0.111. The van der Waals surface area contributed by atoms with Gasteiger partial charge in [0.25, 0.3) is 0 Å². The van der Waals surface area contributed by atoms with Gasteiger partial charge in [0.15, 0.2) is 17.0 Å². The maximum Gasteiger partial charge on any atom is 0.473 e. The highest BCUT2D eigenvalue weighted by Gasteiger charge is 2.53. The predicted molar refractivity (Wildman–Crippen MR) is 148 cm³/mol. The Labute approximate surface area is 232 Å². The van der Waals surface area contributed by atoms with Crippen LogP contribution in [0.5, 0.6) is 0 Å². The lowest BCUT2D eigenvalue weighted by Crippen LogP contribution is -2.36. The Balaban J connectivity index is 1.13. The van der Waals surface area contributed by atoms with Gasteiger partial charge in [-0.15, -0.1) is 0 Å². The Kier molecular flexibility index (Phi) is 7.64. The minimum Gasteiger partial charge on any atom is -0.385 e. The average Bonchev–Trinajstić information content (AvgIpc) is 3.86. The SMILES string of the molecule is COCCCC(OP(=O)(O)OC[C@@H]1C=C[C@H](n2cnc3c(NC4CC4)nc(N)nc32)C1)(c1ccccc1)C1CO1. The van der Waals surface area contributed by atoms with Crippen LogP contribution in [0.25, 0.3) is 11.2 Å². The Bertz CT molecular complexity index is 1410. The third kappa shape index (κ3) is 5.93. The molecule has 0 spiro atoms. The monoisotopic (exact) mass is 570 g/mol. The van der Waals surface area contributed by atoms with Gasteiger partial charge in [-0.3, -0.25) is 9.05 Å². The van der Waals surface area contributed by atoms with Gasteiger partial charge < -0.3 is 30.0 Å². The number of aromatic nitrogens is 4. The summed E-state index contributed by atoms with van der Waals surface area (Å²) in [5.74, 6) is 0.729. The molecule has 1 saturated carbocycles. The van der Waals surface area contributed by atoms with E-state index in [0.29, 0.717) is 55.5 Å². The van der Waals surface area contributed by atoms with Crippen LogP contribution in [0.4, 0.5) is 11.8 Å². The summed E-state index contributed by atoms with van der Waals surface area (Å²) < 4.78 is 37.7. The zero-order valence-electron chi connectivity index (χ0n) is 22.4. The zero-order chi connectivity index (χ0) is 27.7. The van der Waals surface area contributed by atoms with Crippen LogP contribution in [-0.2, 0) is 28.7 Å². The topological polar surface area (TPSA) is 159 Å². The van der Waals surface area contributed by atoms with Crippen molar-refractivity contribution in [2.24, 2.45) is 5.92 Å². The number of anilines is 2. The van der Waals surface area contributed by atoms with E-state index in [1.54, 1.807) is 13.4 Å². The van der Waals surface area contributed by atoms with Gasteiger partial charge in [0.05, 0.1) is 25.6 Å². The first-order chi connectivity index (χ1) is 19.4. The molecule has 13 heteroatoms. The van der Waals surface area contributed by atoms with Gasteiger partial charge in [-0.2, -0.15) is 9.97 Å². The average molecular weight is 571 g/mol. The van der Waals surface area contributed by atoms with Gasteiger partial charge in [-0.05, 0) is 37.7 Å². The first kappa shape index (κ1) is 27.3. The number of hydrogen-bond donors (Lipinski definition) is 3. The Hall–Kier alpha value is -2.86. The lowest BCUT2D eigenvalue weighted by molar-refractivity contribution is -0.0177. The summed E-state index contributed by atoms with van der Waals surface area (Å²) >= 11 is 0. The van der Waals surface area contributed by atoms with Crippen molar-refractivity contribution in [3.63, 3.8) is 0 Å². The van der Waals surface area contributed by atoms with Crippen LogP contribution in [0.3, 0.4) is 0 Å². The fourth-order valence-electron chi connectivity index (χ4n) is 5.37. The van der Waals surface area contributed by atoms with Crippen LogP contribution < -0.4 is 11.1 Å². The smallest absolute Gasteiger partial charge is 0.385 e. The molecule has 3 unspecified atom stereocenters. The number of rotatable bonds is 14. The number of phosphoric acid groups is 1. The molecule has 12 nitrogen and oxygen atoms in total. The third-order valence-electron chi connectivity index (χ3n) is 7.61. The highest BCUT2D eigenvalue weighted by atomic mass is 31.2. The molecule has 4 N–H and O–H groups in total. The standard InChI is InChI=1S/C27H35N6O6P/c1-36-13-5-12-27(22-16-37-22,19-6-3-2-4-7-19)39-40(34,35)38-15-18-8-11-21(14-18)33-17-29-23-24(30-20-9-10-20)31-26(28)32-25(23)33/h2-4,6-8,11,17-18,20-22H,5,9-10,12-16H2,1H3,(H,34,35)(H3,28,30,31,32)/t18-,21+,22?,27?/m1/s1. The summed E-state index contributed by atoms with van der Waals surface area (Å²) in [6.07, 6.45) is 9.33. The molecule has 2 aromatic heterocycles. The van der Waals surface area contributed by atoms with Gasteiger partial charge in [-0.25, -0.2) is 9.55 Å². The molecule has 5 atom stereocenters.